The maximum absolute atomic E-state index is 5.41. The van der Waals surface area contributed by atoms with E-state index in [1.807, 2.05) is 0 Å². The molecular formula is C17H32O2. The summed E-state index contributed by atoms with van der Waals surface area (Å²) in [6.07, 6.45) is 18.8. The molecule has 0 aliphatic carbocycles. The Morgan fingerprint density at radius 3 is 1.84 bits per heavy atom. The van der Waals surface area contributed by atoms with Crippen LogP contribution in [0.15, 0.2) is 0 Å². The standard InChI is InChI=1S/C17H32O2/c1-3-5-7-8-9-10-11-12-13-14-16-19-17-18-15-6-4-2/h1H,4-17H2,2H3. The summed E-state index contributed by atoms with van der Waals surface area (Å²) in [7, 11) is 0. The van der Waals surface area contributed by atoms with Crippen LogP contribution in [0.2, 0.25) is 0 Å². The topological polar surface area (TPSA) is 18.5 Å². The zero-order valence-corrected chi connectivity index (χ0v) is 12.8. The smallest absolute Gasteiger partial charge is 0.146 e. The van der Waals surface area contributed by atoms with Crippen LogP contribution in [0.1, 0.15) is 77.6 Å². The largest absolute Gasteiger partial charge is 0.355 e. The van der Waals surface area contributed by atoms with Crippen LogP contribution < -0.4 is 0 Å². The molecule has 0 aromatic carbocycles. The van der Waals surface area contributed by atoms with E-state index in [0.29, 0.717) is 6.79 Å². The Hall–Kier alpha value is -0.520. The minimum atomic E-state index is 0.467. The Kier molecular flexibility index (Phi) is 17.0. The van der Waals surface area contributed by atoms with Crippen molar-refractivity contribution in [2.24, 2.45) is 0 Å². The SMILES string of the molecule is C#CCCCCCCCCCCOCOCCCC. The summed E-state index contributed by atoms with van der Waals surface area (Å²) in [5.74, 6) is 2.69. The molecule has 0 rings (SSSR count). The molecule has 0 spiro atoms. The molecule has 0 aliphatic heterocycles. The van der Waals surface area contributed by atoms with Crippen LogP contribution in [0.5, 0.6) is 0 Å². The van der Waals surface area contributed by atoms with Crippen molar-refractivity contribution in [2.45, 2.75) is 77.6 Å². The molecule has 0 heterocycles. The van der Waals surface area contributed by atoms with Gasteiger partial charge in [0.05, 0.1) is 0 Å². The molecule has 19 heavy (non-hydrogen) atoms. The molecule has 0 radical (unpaired) electrons. The number of hydrogen-bond donors (Lipinski definition) is 0. The molecule has 2 heteroatoms. The Morgan fingerprint density at radius 2 is 1.26 bits per heavy atom. The van der Waals surface area contributed by atoms with Crippen LogP contribution in [0, 0.1) is 12.3 Å². The highest BCUT2D eigenvalue weighted by molar-refractivity contribution is 4.82. The fourth-order valence-electron chi connectivity index (χ4n) is 1.92. The minimum Gasteiger partial charge on any atom is -0.355 e. The molecule has 0 saturated heterocycles. The van der Waals surface area contributed by atoms with Gasteiger partial charge < -0.3 is 9.47 Å². The lowest BCUT2D eigenvalue weighted by Crippen LogP contribution is -2.02. The lowest BCUT2D eigenvalue weighted by Gasteiger charge is -2.05. The molecule has 0 N–H and O–H groups in total. The number of unbranched alkanes of at least 4 members (excludes halogenated alkanes) is 9. The van der Waals surface area contributed by atoms with Gasteiger partial charge in [-0.05, 0) is 19.3 Å². The lowest BCUT2D eigenvalue weighted by atomic mass is 10.1. The number of terminal acetylenes is 1. The lowest BCUT2D eigenvalue weighted by molar-refractivity contribution is -0.0553. The summed E-state index contributed by atoms with van der Waals surface area (Å²) in [6, 6.07) is 0. The van der Waals surface area contributed by atoms with Gasteiger partial charge >= 0.3 is 0 Å². The molecule has 0 bridgehead atoms. The summed E-state index contributed by atoms with van der Waals surface area (Å²) in [6.45, 7) is 4.30. The summed E-state index contributed by atoms with van der Waals surface area (Å²) in [5, 5.41) is 0. The summed E-state index contributed by atoms with van der Waals surface area (Å²) in [5.41, 5.74) is 0. The van der Waals surface area contributed by atoms with Gasteiger partial charge in [0, 0.05) is 19.6 Å². The second-order valence-corrected chi connectivity index (χ2v) is 5.07. The predicted octanol–water partition coefficient (Wildman–Crippen LogP) is 4.92. The molecule has 0 saturated carbocycles. The minimum absolute atomic E-state index is 0.467. The zero-order valence-electron chi connectivity index (χ0n) is 12.8. The van der Waals surface area contributed by atoms with Crippen molar-refractivity contribution in [3.05, 3.63) is 0 Å². The highest BCUT2D eigenvalue weighted by atomic mass is 16.7. The summed E-state index contributed by atoms with van der Waals surface area (Å²) >= 11 is 0. The molecule has 0 unspecified atom stereocenters. The van der Waals surface area contributed by atoms with E-state index in [1.165, 1.54) is 51.4 Å². The van der Waals surface area contributed by atoms with Crippen molar-refractivity contribution in [3.63, 3.8) is 0 Å². The third kappa shape index (κ3) is 17.5. The van der Waals surface area contributed by atoms with Crippen molar-refractivity contribution in [1.29, 1.82) is 0 Å². The zero-order chi connectivity index (χ0) is 14.0. The first kappa shape index (κ1) is 18.5. The van der Waals surface area contributed by atoms with Crippen LogP contribution in [-0.4, -0.2) is 20.0 Å². The molecule has 2 nitrogen and oxygen atoms in total. The maximum Gasteiger partial charge on any atom is 0.146 e. The molecule has 0 atom stereocenters. The van der Waals surface area contributed by atoms with Crippen molar-refractivity contribution in [1.82, 2.24) is 0 Å². The first-order valence-electron chi connectivity index (χ1n) is 8.00. The van der Waals surface area contributed by atoms with E-state index < -0.39 is 0 Å². The fourth-order valence-corrected chi connectivity index (χ4v) is 1.92. The maximum atomic E-state index is 5.41. The van der Waals surface area contributed by atoms with Gasteiger partial charge in [0.2, 0.25) is 0 Å². The van der Waals surface area contributed by atoms with Crippen molar-refractivity contribution in [2.75, 3.05) is 20.0 Å². The highest BCUT2D eigenvalue weighted by Gasteiger charge is 1.93. The van der Waals surface area contributed by atoms with Crippen LogP contribution in [0.4, 0.5) is 0 Å². The molecule has 112 valence electrons. The third-order valence-corrected chi connectivity index (χ3v) is 3.17. The van der Waals surface area contributed by atoms with Gasteiger partial charge in [-0.1, -0.05) is 51.9 Å². The molecule has 0 fully saturated rings. The third-order valence-electron chi connectivity index (χ3n) is 3.17. The molecule has 0 aromatic heterocycles. The van der Waals surface area contributed by atoms with Crippen LogP contribution in [-0.2, 0) is 9.47 Å². The van der Waals surface area contributed by atoms with E-state index in [1.54, 1.807) is 0 Å². The molecular weight excluding hydrogens is 236 g/mol. The molecule has 0 aliphatic rings. The number of hydrogen-bond acceptors (Lipinski definition) is 2. The van der Waals surface area contributed by atoms with E-state index in [-0.39, 0.29) is 0 Å². The first-order chi connectivity index (χ1) is 9.41. The van der Waals surface area contributed by atoms with Gasteiger partial charge in [-0.25, -0.2) is 0 Å². The summed E-state index contributed by atoms with van der Waals surface area (Å²) < 4.78 is 10.7. The first-order valence-corrected chi connectivity index (χ1v) is 8.00. The Labute approximate surface area is 120 Å². The second-order valence-electron chi connectivity index (χ2n) is 5.07. The van der Waals surface area contributed by atoms with Crippen molar-refractivity contribution in [3.8, 4) is 12.3 Å². The van der Waals surface area contributed by atoms with E-state index in [4.69, 9.17) is 15.9 Å². The fraction of sp³-hybridized carbons (Fsp3) is 0.882. The van der Waals surface area contributed by atoms with Crippen LogP contribution in [0.3, 0.4) is 0 Å². The van der Waals surface area contributed by atoms with Gasteiger partial charge in [-0.3, -0.25) is 0 Å². The molecule has 0 amide bonds. The van der Waals surface area contributed by atoms with E-state index in [2.05, 4.69) is 12.8 Å². The predicted molar refractivity (Wildman–Crippen MR) is 82.1 cm³/mol. The van der Waals surface area contributed by atoms with Crippen LogP contribution >= 0.6 is 0 Å². The quantitative estimate of drug-likeness (QED) is 0.238. The van der Waals surface area contributed by atoms with Crippen molar-refractivity contribution < 1.29 is 9.47 Å². The van der Waals surface area contributed by atoms with E-state index >= 15 is 0 Å². The number of ether oxygens (including phenoxy) is 2. The van der Waals surface area contributed by atoms with Gasteiger partial charge in [0.1, 0.15) is 6.79 Å². The number of rotatable bonds is 15. The van der Waals surface area contributed by atoms with Gasteiger partial charge in [0.15, 0.2) is 0 Å². The average molecular weight is 268 g/mol. The van der Waals surface area contributed by atoms with Gasteiger partial charge in [-0.2, -0.15) is 0 Å². The Morgan fingerprint density at radius 1 is 0.737 bits per heavy atom. The Balaban J connectivity index is 2.90. The van der Waals surface area contributed by atoms with E-state index in [0.717, 1.165) is 32.5 Å². The Bertz CT molecular complexity index is 196. The van der Waals surface area contributed by atoms with E-state index in [9.17, 15) is 0 Å². The van der Waals surface area contributed by atoms with Gasteiger partial charge in [-0.15, -0.1) is 12.3 Å². The average Bonchev–Trinajstić information content (AvgIpc) is 2.43. The van der Waals surface area contributed by atoms with Crippen LogP contribution in [0.25, 0.3) is 0 Å². The second kappa shape index (κ2) is 17.5. The molecule has 0 aromatic rings. The highest BCUT2D eigenvalue weighted by Crippen LogP contribution is 2.09. The summed E-state index contributed by atoms with van der Waals surface area (Å²) in [4.78, 5) is 0. The normalized spacial score (nSPS) is 10.5. The van der Waals surface area contributed by atoms with Gasteiger partial charge in [0.25, 0.3) is 0 Å². The van der Waals surface area contributed by atoms with Crippen molar-refractivity contribution >= 4 is 0 Å². The monoisotopic (exact) mass is 268 g/mol.